The molecule has 25 heavy (non-hydrogen) atoms. The van der Waals surface area contributed by atoms with Crippen molar-refractivity contribution >= 4 is 39.1 Å². The van der Waals surface area contributed by atoms with Gasteiger partial charge >= 0.3 is 0 Å². The normalized spacial score (nSPS) is 16.1. The molecule has 0 unspecified atom stereocenters. The first kappa shape index (κ1) is 18.2. The van der Waals surface area contributed by atoms with Crippen LogP contribution in [0, 0.1) is 0 Å². The van der Waals surface area contributed by atoms with Gasteiger partial charge in [-0.1, -0.05) is 23.2 Å². The van der Waals surface area contributed by atoms with Gasteiger partial charge in [0.25, 0.3) is 10.0 Å². The van der Waals surface area contributed by atoms with E-state index in [0.29, 0.717) is 15.9 Å². The topological polar surface area (TPSA) is 49.7 Å². The fourth-order valence-electron chi connectivity index (χ4n) is 2.77. The number of hydrogen-bond donors (Lipinski definition) is 0. The molecule has 0 amide bonds. The monoisotopic (exact) mass is 396 g/mol. The summed E-state index contributed by atoms with van der Waals surface area (Å²) in [4.78, 5) is 2.15. The Morgan fingerprint density at radius 1 is 0.840 bits per heavy atom. The number of nitrogens with zero attached hydrogens (tertiary/aromatic N) is 2. The molecule has 3 rings (SSSR count). The van der Waals surface area contributed by atoms with Crippen LogP contribution in [0.25, 0.3) is 0 Å². The summed E-state index contributed by atoms with van der Waals surface area (Å²) in [7, 11) is -3.83. The predicted molar refractivity (Wildman–Crippen MR) is 102 cm³/mol. The molecule has 2 aromatic carbocycles. The molecule has 0 aromatic heterocycles. The summed E-state index contributed by atoms with van der Waals surface area (Å²) in [6, 6.07) is 13.1. The molecule has 1 saturated heterocycles. The van der Waals surface area contributed by atoms with Crippen LogP contribution in [-0.2, 0) is 10.0 Å². The third kappa shape index (κ3) is 4.54. The molecule has 0 saturated carbocycles. The van der Waals surface area contributed by atoms with Gasteiger partial charge < -0.3 is 4.90 Å². The Labute approximate surface area is 158 Å². The minimum absolute atomic E-state index is 0.125. The van der Waals surface area contributed by atoms with Crippen LogP contribution in [0.1, 0.15) is 24.8 Å². The summed E-state index contributed by atoms with van der Waals surface area (Å²) in [6.45, 7) is 1.58. The summed E-state index contributed by atoms with van der Waals surface area (Å²) in [5, 5.41) is 1.08. The highest BCUT2D eigenvalue weighted by Gasteiger charge is 2.21. The molecule has 0 N–H and O–H groups in total. The minimum Gasteiger partial charge on any atom is -0.355 e. The van der Waals surface area contributed by atoms with Gasteiger partial charge in [-0.05, 0) is 67.8 Å². The number of likely N-dealkylation sites (tertiary alicyclic amines) is 1. The van der Waals surface area contributed by atoms with Crippen LogP contribution < -0.4 is 0 Å². The lowest BCUT2D eigenvalue weighted by Gasteiger charge is -2.29. The van der Waals surface area contributed by atoms with E-state index >= 15 is 0 Å². The molecule has 1 heterocycles. The average Bonchev–Trinajstić information content (AvgIpc) is 2.62. The van der Waals surface area contributed by atoms with Gasteiger partial charge in [0, 0.05) is 28.7 Å². The van der Waals surface area contributed by atoms with Crippen molar-refractivity contribution in [3.05, 3.63) is 64.1 Å². The van der Waals surface area contributed by atoms with Gasteiger partial charge in [0.05, 0.1) is 4.90 Å². The molecular formula is C18H18Cl2N2O2S. The van der Waals surface area contributed by atoms with E-state index in [0.717, 1.165) is 37.9 Å². The van der Waals surface area contributed by atoms with Gasteiger partial charge in [-0.15, -0.1) is 4.40 Å². The Morgan fingerprint density at radius 3 is 1.92 bits per heavy atom. The molecule has 0 aliphatic carbocycles. The molecule has 4 nitrogen and oxygen atoms in total. The summed E-state index contributed by atoms with van der Waals surface area (Å²) in [5.41, 5.74) is 0.740. The van der Waals surface area contributed by atoms with Gasteiger partial charge in [0.15, 0.2) is 0 Å². The molecule has 1 aliphatic rings. The van der Waals surface area contributed by atoms with Crippen LogP contribution in [0.15, 0.2) is 57.8 Å². The Balaban J connectivity index is 2.04. The summed E-state index contributed by atoms with van der Waals surface area (Å²) < 4.78 is 29.7. The van der Waals surface area contributed by atoms with Gasteiger partial charge in [-0.2, -0.15) is 8.42 Å². The Bertz CT molecular complexity index is 857. The number of hydrogen-bond acceptors (Lipinski definition) is 2. The van der Waals surface area contributed by atoms with Gasteiger partial charge in [-0.3, -0.25) is 0 Å². The smallest absolute Gasteiger partial charge is 0.284 e. The fraction of sp³-hybridized carbons (Fsp3) is 0.278. The minimum atomic E-state index is -3.83. The number of rotatable bonds is 3. The van der Waals surface area contributed by atoms with Crippen molar-refractivity contribution in [2.24, 2.45) is 4.40 Å². The number of piperidine rings is 1. The third-order valence-electron chi connectivity index (χ3n) is 4.08. The quantitative estimate of drug-likeness (QED) is 0.561. The van der Waals surface area contributed by atoms with Crippen molar-refractivity contribution in [3.63, 3.8) is 0 Å². The Kier molecular flexibility index (Phi) is 5.67. The van der Waals surface area contributed by atoms with Crippen LogP contribution in [0.4, 0.5) is 0 Å². The van der Waals surface area contributed by atoms with E-state index < -0.39 is 10.0 Å². The van der Waals surface area contributed by atoms with Gasteiger partial charge in [0.2, 0.25) is 0 Å². The molecule has 0 atom stereocenters. The Morgan fingerprint density at radius 2 is 1.36 bits per heavy atom. The number of amidine groups is 1. The summed E-state index contributed by atoms with van der Waals surface area (Å²) in [6.07, 6.45) is 3.19. The third-order valence-corrected chi connectivity index (χ3v) is 5.86. The van der Waals surface area contributed by atoms with Crippen LogP contribution in [-0.4, -0.2) is 32.2 Å². The molecule has 1 aliphatic heterocycles. The van der Waals surface area contributed by atoms with Gasteiger partial charge in [0.1, 0.15) is 5.84 Å². The van der Waals surface area contributed by atoms with Crippen molar-refractivity contribution in [3.8, 4) is 0 Å². The van der Waals surface area contributed by atoms with Crippen LogP contribution in [0.5, 0.6) is 0 Å². The Hall–Kier alpha value is -1.56. The second kappa shape index (κ2) is 7.77. The second-order valence-corrected chi connectivity index (χ2v) is 8.38. The zero-order chi connectivity index (χ0) is 17.9. The lowest BCUT2D eigenvalue weighted by Crippen LogP contribution is -2.36. The number of sulfonamides is 1. The molecule has 0 spiro atoms. The molecule has 7 heteroatoms. The van der Waals surface area contributed by atoms with E-state index in [1.165, 1.54) is 12.1 Å². The first-order valence-electron chi connectivity index (χ1n) is 8.07. The maximum atomic E-state index is 12.8. The van der Waals surface area contributed by atoms with Crippen molar-refractivity contribution in [1.29, 1.82) is 0 Å². The van der Waals surface area contributed by atoms with E-state index in [2.05, 4.69) is 4.40 Å². The largest absolute Gasteiger partial charge is 0.355 e. The highest BCUT2D eigenvalue weighted by molar-refractivity contribution is 7.90. The van der Waals surface area contributed by atoms with E-state index in [-0.39, 0.29) is 4.90 Å². The number of halogens is 2. The van der Waals surface area contributed by atoms with Crippen molar-refractivity contribution in [2.45, 2.75) is 24.2 Å². The van der Waals surface area contributed by atoms with E-state index in [9.17, 15) is 8.42 Å². The first-order chi connectivity index (χ1) is 12.0. The van der Waals surface area contributed by atoms with E-state index in [1.807, 2.05) is 4.90 Å². The number of benzene rings is 2. The van der Waals surface area contributed by atoms with Crippen LogP contribution in [0.2, 0.25) is 10.0 Å². The standard InChI is InChI=1S/C18H18Cl2N2O2S/c19-15-6-4-14(5-7-15)18(22-12-2-1-3-13-22)21-25(23,24)17-10-8-16(20)9-11-17/h4-11H,1-3,12-13H2. The maximum absolute atomic E-state index is 12.8. The second-order valence-electron chi connectivity index (χ2n) is 5.90. The lowest BCUT2D eigenvalue weighted by atomic mass is 10.1. The maximum Gasteiger partial charge on any atom is 0.284 e. The SMILES string of the molecule is O=S(=O)(N=C(c1ccc(Cl)cc1)N1CCCCC1)c1ccc(Cl)cc1. The van der Waals surface area contributed by atoms with E-state index in [4.69, 9.17) is 23.2 Å². The molecule has 132 valence electrons. The molecule has 1 fully saturated rings. The molecule has 0 bridgehead atoms. The molecule has 2 aromatic rings. The highest BCUT2D eigenvalue weighted by Crippen LogP contribution is 2.21. The van der Waals surface area contributed by atoms with Crippen molar-refractivity contribution in [1.82, 2.24) is 4.90 Å². The zero-order valence-electron chi connectivity index (χ0n) is 13.5. The summed E-state index contributed by atoms with van der Waals surface area (Å²) >= 11 is 11.8. The van der Waals surface area contributed by atoms with Crippen molar-refractivity contribution < 1.29 is 8.42 Å². The molecule has 0 radical (unpaired) electrons. The highest BCUT2D eigenvalue weighted by atomic mass is 35.5. The molecular weight excluding hydrogens is 379 g/mol. The first-order valence-corrected chi connectivity index (χ1v) is 10.3. The average molecular weight is 397 g/mol. The zero-order valence-corrected chi connectivity index (χ0v) is 15.9. The summed E-state index contributed by atoms with van der Waals surface area (Å²) in [5.74, 6) is 0.464. The fourth-order valence-corrected chi connectivity index (χ4v) is 4.06. The van der Waals surface area contributed by atoms with Crippen LogP contribution >= 0.6 is 23.2 Å². The lowest BCUT2D eigenvalue weighted by molar-refractivity contribution is 0.343. The van der Waals surface area contributed by atoms with Crippen molar-refractivity contribution in [2.75, 3.05) is 13.1 Å². The van der Waals surface area contributed by atoms with Gasteiger partial charge in [-0.25, -0.2) is 0 Å². The predicted octanol–water partition coefficient (Wildman–Crippen LogP) is 4.61. The van der Waals surface area contributed by atoms with E-state index in [1.54, 1.807) is 36.4 Å². The van der Waals surface area contributed by atoms with Crippen LogP contribution in [0.3, 0.4) is 0 Å².